The molecule has 1 fully saturated rings. The van der Waals surface area contributed by atoms with E-state index in [1.54, 1.807) is 35.2 Å². The highest BCUT2D eigenvalue weighted by Gasteiger charge is 2.29. The molecule has 1 aliphatic heterocycles. The normalized spacial score (nSPS) is 13.9. The topological polar surface area (TPSA) is 134 Å². The lowest BCUT2D eigenvalue weighted by atomic mass is 9.97. The summed E-state index contributed by atoms with van der Waals surface area (Å²) in [6, 6.07) is 18.0. The lowest BCUT2D eigenvalue weighted by Gasteiger charge is -2.33. The van der Waals surface area contributed by atoms with Gasteiger partial charge >= 0.3 is 6.09 Å². The van der Waals surface area contributed by atoms with Crippen LogP contribution in [0.5, 0.6) is 5.75 Å². The van der Waals surface area contributed by atoms with E-state index in [1.165, 1.54) is 42.5 Å². The van der Waals surface area contributed by atoms with Crippen molar-refractivity contribution in [1.29, 1.82) is 0 Å². The molecule has 2 N–H and O–H groups in total. The summed E-state index contributed by atoms with van der Waals surface area (Å²) in [5.74, 6) is -0.344. The van der Waals surface area contributed by atoms with Crippen LogP contribution in [0.1, 0.15) is 50.4 Å². The number of hydrogen-bond donors (Lipinski definition) is 2. The van der Waals surface area contributed by atoms with Gasteiger partial charge in [-0.05, 0) is 94.1 Å². The van der Waals surface area contributed by atoms with Crippen LogP contribution >= 0.6 is 23.2 Å². The van der Waals surface area contributed by atoms with Gasteiger partial charge in [0.15, 0.2) is 5.75 Å². The highest BCUT2D eigenvalue weighted by molar-refractivity contribution is 7.92. The van der Waals surface area contributed by atoms with Crippen LogP contribution in [-0.2, 0) is 19.6 Å². The molecule has 11 nitrogen and oxygen atoms in total. The fourth-order valence-electron chi connectivity index (χ4n) is 4.69. The molecule has 0 atom stereocenters. The molecule has 3 amide bonds. The van der Waals surface area contributed by atoms with Crippen LogP contribution in [0.25, 0.3) is 0 Å². The van der Waals surface area contributed by atoms with Crippen molar-refractivity contribution < 1.29 is 32.4 Å². The van der Waals surface area contributed by atoms with Gasteiger partial charge in [0.2, 0.25) is 5.91 Å². The maximum Gasteiger partial charge on any atom is 0.410 e. The lowest BCUT2D eigenvalue weighted by Crippen LogP contribution is -2.43. The number of nitrogens with zero attached hydrogens (tertiary/aromatic N) is 2. The average molecular weight is 706 g/mol. The van der Waals surface area contributed by atoms with E-state index in [-0.39, 0.29) is 57.8 Å². The van der Waals surface area contributed by atoms with Crippen molar-refractivity contribution in [3.8, 4) is 5.75 Å². The van der Waals surface area contributed by atoms with Gasteiger partial charge in [0, 0.05) is 43.2 Å². The molecule has 1 heterocycles. The third-order valence-electron chi connectivity index (χ3n) is 7.17. The first-order chi connectivity index (χ1) is 22.2. The van der Waals surface area contributed by atoms with Gasteiger partial charge in [0.25, 0.3) is 15.9 Å². The Balaban J connectivity index is 1.27. The van der Waals surface area contributed by atoms with Gasteiger partial charge < -0.3 is 25.1 Å². The summed E-state index contributed by atoms with van der Waals surface area (Å²) in [6.45, 7) is 7.21. The van der Waals surface area contributed by atoms with Gasteiger partial charge in [-0.2, -0.15) is 8.42 Å². The van der Waals surface area contributed by atoms with Crippen molar-refractivity contribution in [3.05, 3.63) is 88.4 Å². The minimum absolute atomic E-state index is 0.0750. The number of nitrogens with one attached hydrogen (secondary N) is 2. The molecule has 0 bridgehead atoms. The van der Waals surface area contributed by atoms with Crippen molar-refractivity contribution in [2.75, 3.05) is 30.6 Å². The summed E-state index contributed by atoms with van der Waals surface area (Å²) in [6.07, 6.45) is 1.26. The summed E-state index contributed by atoms with van der Waals surface area (Å²) in [7, 11) is -4.27. The Morgan fingerprint density at radius 1 is 0.936 bits per heavy atom. The number of carbonyl (C=O) groups is 3. The van der Waals surface area contributed by atoms with Gasteiger partial charge in [-0.1, -0.05) is 45.9 Å². The number of halogens is 2. The average Bonchev–Trinajstić information content (AvgIpc) is 3.03. The minimum Gasteiger partial charge on any atom is -0.444 e. The zero-order valence-corrected chi connectivity index (χ0v) is 28.7. The molecule has 0 aromatic heterocycles. The standard InChI is InChI=1S/C33H38Cl2N4O7S/c1-33(2,3)45-32(42)38-19-16-23(17-20-38)22-37-30(40)15-18-36-31(41)24-9-12-27(13-10-24)47(43,44)39(26-7-5-4-6-8-26)46-29-14-11-25(34)21-28(29)35/h4-14,21,23H,15-20,22H2,1-3H3,(H,36,41)(H,37,40). The third kappa shape index (κ3) is 10.2. The zero-order valence-electron chi connectivity index (χ0n) is 26.4. The molecule has 1 saturated heterocycles. The number of benzene rings is 3. The summed E-state index contributed by atoms with van der Waals surface area (Å²) in [5, 5.41) is 6.07. The molecule has 47 heavy (non-hydrogen) atoms. The number of para-hydroxylation sites is 1. The van der Waals surface area contributed by atoms with E-state index in [4.69, 9.17) is 32.8 Å². The van der Waals surface area contributed by atoms with Crippen molar-refractivity contribution in [2.45, 2.75) is 50.5 Å². The molecule has 0 spiro atoms. The van der Waals surface area contributed by atoms with Crippen molar-refractivity contribution in [2.24, 2.45) is 5.92 Å². The Hall–Kier alpha value is -4.00. The van der Waals surface area contributed by atoms with Gasteiger partial charge in [0.05, 0.1) is 15.6 Å². The van der Waals surface area contributed by atoms with Crippen molar-refractivity contribution >= 4 is 56.8 Å². The number of hydrogen-bond acceptors (Lipinski definition) is 7. The third-order valence-corrected chi connectivity index (χ3v) is 9.29. The number of anilines is 1. The highest BCUT2D eigenvalue weighted by atomic mass is 35.5. The number of piperidine rings is 1. The second kappa shape index (κ2) is 15.7. The monoisotopic (exact) mass is 704 g/mol. The molecule has 4 rings (SSSR count). The fourth-order valence-corrected chi connectivity index (χ4v) is 6.38. The molecule has 0 radical (unpaired) electrons. The lowest BCUT2D eigenvalue weighted by molar-refractivity contribution is -0.121. The smallest absolute Gasteiger partial charge is 0.410 e. The second-order valence-electron chi connectivity index (χ2n) is 12.0. The number of likely N-dealkylation sites (tertiary alicyclic amines) is 1. The van der Waals surface area contributed by atoms with Crippen LogP contribution in [0.3, 0.4) is 0 Å². The van der Waals surface area contributed by atoms with Crippen LogP contribution in [0, 0.1) is 5.92 Å². The molecule has 3 aromatic rings. The predicted octanol–water partition coefficient (Wildman–Crippen LogP) is 6.07. The van der Waals surface area contributed by atoms with Gasteiger partial charge in [-0.15, -0.1) is 0 Å². The maximum absolute atomic E-state index is 13.7. The molecule has 1 aliphatic rings. The van der Waals surface area contributed by atoms with E-state index >= 15 is 0 Å². The first-order valence-electron chi connectivity index (χ1n) is 15.1. The number of ether oxygens (including phenoxy) is 1. The summed E-state index contributed by atoms with van der Waals surface area (Å²) in [5.41, 5.74) is -0.102. The van der Waals surface area contributed by atoms with Crippen molar-refractivity contribution in [3.63, 3.8) is 0 Å². The fraction of sp³-hybridized carbons (Fsp3) is 0.364. The van der Waals surface area contributed by atoms with Crippen LogP contribution in [0.4, 0.5) is 10.5 Å². The first-order valence-corrected chi connectivity index (χ1v) is 17.3. The Labute approximate surface area is 285 Å². The Bertz CT molecular complexity index is 1660. The van der Waals surface area contributed by atoms with Crippen LogP contribution in [-0.4, -0.2) is 63.0 Å². The number of amides is 3. The Kier molecular flexibility index (Phi) is 12.0. The van der Waals surface area contributed by atoms with E-state index in [0.717, 1.165) is 17.3 Å². The molecule has 0 saturated carbocycles. The molecule has 14 heteroatoms. The summed E-state index contributed by atoms with van der Waals surface area (Å²) in [4.78, 5) is 44.7. The van der Waals surface area contributed by atoms with Crippen LogP contribution in [0.15, 0.2) is 77.7 Å². The Morgan fingerprint density at radius 3 is 2.21 bits per heavy atom. The van der Waals surface area contributed by atoms with E-state index in [1.807, 2.05) is 20.8 Å². The van der Waals surface area contributed by atoms with E-state index < -0.39 is 21.5 Å². The number of carbonyl (C=O) groups excluding carboxylic acids is 3. The van der Waals surface area contributed by atoms with Crippen LogP contribution < -0.4 is 19.9 Å². The van der Waals surface area contributed by atoms with E-state index in [0.29, 0.717) is 24.7 Å². The SMILES string of the molecule is CC(C)(C)OC(=O)N1CCC(CNC(=O)CCNC(=O)c2ccc(S(=O)(=O)N(Oc3ccc(Cl)cc3Cl)c3ccccc3)cc2)CC1. The minimum atomic E-state index is -4.27. The summed E-state index contributed by atoms with van der Waals surface area (Å²) < 4.78 is 33.5. The quantitative estimate of drug-likeness (QED) is 0.232. The summed E-state index contributed by atoms with van der Waals surface area (Å²) >= 11 is 12.2. The molecule has 252 valence electrons. The largest absolute Gasteiger partial charge is 0.444 e. The highest BCUT2D eigenvalue weighted by Crippen LogP contribution is 2.32. The molecule has 0 aliphatic carbocycles. The predicted molar refractivity (Wildman–Crippen MR) is 180 cm³/mol. The zero-order chi connectivity index (χ0) is 34.2. The van der Waals surface area contributed by atoms with E-state index in [2.05, 4.69) is 10.6 Å². The van der Waals surface area contributed by atoms with Crippen LogP contribution in [0.2, 0.25) is 10.0 Å². The molecular formula is C33H38Cl2N4O7S. The number of rotatable bonds is 11. The molecular weight excluding hydrogens is 667 g/mol. The van der Waals surface area contributed by atoms with Gasteiger partial charge in [-0.3, -0.25) is 9.59 Å². The van der Waals surface area contributed by atoms with Gasteiger partial charge in [0.1, 0.15) is 5.60 Å². The van der Waals surface area contributed by atoms with E-state index in [9.17, 15) is 22.8 Å². The first kappa shape index (κ1) is 35.8. The second-order valence-corrected chi connectivity index (χ2v) is 14.6. The molecule has 3 aromatic carbocycles. The molecule has 0 unspecified atom stereocenters. The maximum atomic E-state index is 13.7. The number of sulfonamides is 1. The van der Waals surface area contributed by atoms with Gasteiger partial charge in [-0.25, -0.2) is 4.79 Å². The van der Waals surface area contributed by atoms with Crippen molar-refractivity contribution in [1.82, 2.24) is 15.5 Å². The Morgan fingerprint density at radius 2 is 1.60 bits per heavy atom.